The number of methoxy groups -OCH3 is 1. The van der Waals surface area contributed by atoms with E-state index in [0.717, 1.165) is 29.5 Å². The number of esters is 1. The Balaban J connectivity index is 1.80. The number of hydrogen-bond donors (Lipinski definition) is 0. The Morgan fingerprint density at radius 1 is 1.08 bits per heavy atom. The molecule has 2 heterocycles. The molecule has 3 rings (SSSR count). The van der Waals surface area contributed by atoms with Crippen LogP contribution in [0.2, 0.25) is 0 Å². The molecular formula is C21H25N2O2+. The summed E-state index contributed by atoms with van der Waals surface area (Å²) in [6, 6.07) is 18.5. The minimum absolute atomic E-state index is 0.300. The van der Waals surface area contributed by atoms with Crippen LogP contribution in [-0.4, -0.2) is 42.6 Å². The van der Waals surface area contributed by atoms with Crippen LogP contribution in [0.1, 0.15) is 21.6 Å². The highest BCUT2D eigenvalue weighted by atomic mass is 16.5. The fraction of sp³-hybridized carbons (Fsp3) is 0.286. The molecule has 0 atom stereocenters. The molecule has 1 aromatic carbocycles. The second-order valence-electron chi connectivity index (χ2n) is 7.06. The van der Waals surface area contributed by atoms with Gasteiger partial charge in [0.1, 0.15) is 12.2 Å². The summed E-state index contributed by atoms with van der Waals surface area (Å²) in [6.45, 7) is 1.97. The zero-order chi connectivity index (χ0) is 17.9. The standard InChI is InChI=1S/C21H25N2O2/c1-23(2,16-17-9-5-4-6-10-17)14-12-18-15-20(21(24)25-3)22-13-8-7-11-19(18)22/h4-11,13,15H,12,14,16H2,1-3H3/q+1. The van der Waals surface area contributed by atoms with Gasteiger partial charge in [0, 0.05) is 23.7 Å². The first-order valence-electron chi connectivity index (χ1n) is 8.53. The quantitative estimate of drug-likeness (QED) is 0.509. The van der Waals surface area contributed by atoms with Gasteiger partial charge >= 0.3 is 5.97 Å². The molecule has 0 saturated heterocycles. The predicted octanol–water partition coefficient (Wildman–Crippen LogP) is 3.55. The maximum Gasteiger partial charge on any atom is 0.355 e. The lowest BCUT2D eigenvalue weighted by molar-refractivity contribution is -0.903. The van der Waals surface area contributed by atoms with Crippen LogP contribution >= 0.6 is 0 Å². The number of ether oxygens (including phenoxy) is 1. The first kappa shape index (κ1) is 17.2. The van der Waals surface area contributed by atoms with Crippen molar-refractivity contribution in [3.63, 3.8) is 0 Å². The monoisotopic (exact) mass is 337 g/mol. The first-order valence-corrected chi connectivity index (χ1v) is 8.53. The van der Waals surface area contributed by atoms with E-state index in [1.807, 2.05) is 34.9 Å². The minimum Gasteiger partial charge on any atom is -0.464 e. The lowest BCUT2D eigenvalue weighted by Crippen LogP contribution is -2.40. The van der Waals surface area contributed by atoms with E-state index in [2.05, 4.69) is 44.4 Å². The zero-order valence-corrected chi connectivity index (χ0v) is 15.1. The van der Waals surface area contributed by atoms with Gasteiger partial charge in [-0.1, -0.05) is 36.4 Å². The van der Waals surface area contributed by atoms with Crippen LogP contribution in [0, 0.1) is 0 Å². The van der Waals surface area contributed by atoms with E-state index in [1.54, 1.807) is 0 Å². The van der Waals surface area contributed by atoms with Crippen molar-refractivity contribution < 1.29 is 14.0 Å². The number of rotatable bonds is 6. The molecule has 0 aliphatic heterocycles. The fourth-order valence-electron chi connectivity index (χ4n) is 3.27. The van der Waals surface area contributed by atoms with Crippen molar-refractivity contribution in [2.45, 2.75) is 13.0 Å². The topological polar surface area (TPSA) is 30.7 Å². The molecule has 0 fully saturated rings. The lowest BCUT2D eigenvalue weighted by atomic mass is 10.1. The fourth-order valence-corrected chi connectivity index (χ4v) is 3.27. The molecule has 0 saturated carbocycles. The molecule has 0 N–H and O–H groups in total. The smallest absolute Gasteiger partial charge is 0.355 e. The number of quaternary nitrogens is 1. The second kappa shape index (κ2) is 7.11. The predicted molar refractivity (Wildman–Crippen MR) is 99.6 cm³/mol. The number of aromatic nitrogens is 1. The highest BCUT2D eigenvalue weighted by Crippen LogP contribution is 2.20. The van der Waals surface area contributed by atoms with Gasteiger partial charge in [-0.15, -0.1) is 0 Å². The van der Waals surface area contributed by atoms with Crippen molar-refractivity contribution in [1.82, 2.24) is 4.40 Å². The molecule has 0 spiro atoms. The molecule has 0 amide bonds. The van der Waals surface area contributed by atoms with Crippen molar-refractivity contribution in [2.24, 2.45) is 0 Å². The normalized spacial score (nSPS) is 11.6. The Kier molecular flexibility index (Phi) is 4.91. The summed E-state index contributed by atoms with van der Waals surface area (Å²) in [7, 11) is 5.91. The molecule has 130 valence electrons. The summed E-state index contributed by atoms with van der Waals surface area (Å²) in [5, 5.41) is 0. The van der Waals surface area contributed by atoms with Crippen LogP contribution in [0.3, 0.4) is 0 Å². The van der Waals surface area contributed by atoms with Crippen molar-refractivity contribution >= 4 is 11.5 Å². The molecule has 0 aliphatic carbocycles. The maximum atomic E-state index is 12.0. The second-order valence-corrected chi connectivity index (χ2v) is 7.06. The van der Waals surface area contributed by atoms with Gasteiger partial charge in [-0.2, -0.15) is 0 Å². The highest BCUT2D eigenvalue weighted by molar-refractivity contribution is 5.90. The summed E-state index contributed by atoms with van der Waals surface area (Å²) in [4.78, 5) is 12.0. The average Bonchev–Trinajstić information content (AvgIpc) is 2.99. The summed E-state index contributed by atoms with van der Waals surface area (Å²) in [5.74, 6) is -0.300. The minimum atomic E-state index is -0.300. The van der Waals surface area contributed by atoms with Gasteiger partial charge in [0.2, 0.25) is 0 Å². The van der Waals surface area contributed by atoms with Crippen LogP contribution in [0.15, 0.2) is 60.8 Å². The molecular weight excluding hydrogens is 312 g/mol. The van der Waals surface area contributed by atoms with E-state index in [9.17, 15) is 4.79 Å². The Labute approximate surface area is 148 Å². The van der Waals surface area contributed by atoms with Crippen LogP contribution in [0.4, 0.5) is 0 Å². The Bertz CT molecular complexity index is 866. The van der Waals surface area contributed by atoms with Crippen LogP contribution in [0.25, 0.3) is 5.52 Å². The molecule has 0 radical (unpaired) electrons. The molecule has 4 heteroatoms. The number of hydrogen-bond acceptors (Lipinski definition) is 2. The summed E-state index contributed by atoms with van der Waals surface area (Å²) in [6.07, 6.45) is 2.82. The van der Waals surface area contributed by atoms with E-state index < -0.39 is 0 Å². The maximum absolute atomic E-state index is 12.0. The number of nitrogens with zero attached hydrogens (tertiary/aromatic N) is 2. The van der Waals surface area contributed by atoms with Gasteiger partial charge in [0.15, 0.2) is 0 Å². The third-order valence-electron chi connectivity index (χ3n) is 4.59. The summed E-state index contributed by atoms with van der Waals surface area (Å²) in [5.41, 5.74) is 4.17. The molecule has 3 aromatic rings. The molecule has 0 unspecified atom stereocenters. The van der Waals surface area contributed by atoms with Gasteiger partial charge < -0.3 is 13.6 Å². The number of pyridine rings is 1. The Morgan fingerprint density at radius 2 is 1.80 bits per heavy atom. The van der Waals surface area contributed by atoms with E-state index in [0.29, 0.717) is 5.69 Å². The third kappa shape index (κ3) is 3.91. The van der Waals surface area contributed by atoms with E-state index in [-0.39, 0.29) is 5.97 Å². The SMILES string of the molecule is COC(=O)c1cc(CC[N+](C)(C)Cc2ccccc2)c2ccccn12. The number of likely N-dealkylation sites (N-methyl/N-ethyl adjacent to an activating group) is 1. The molecule has 0 aliphatic rings. The van der Waals surface area contributed by atoms with Crippen LogP contribution < -0.4 is 0 Å². The molecule has 4 nitrogen and oxygen atoms in total. The first-order chi connectivity index (χ1) is 12.0. The van der Waals surface area contributed by atoms with Gasteiger partial charge in [0.05, 0.1) is 27.7 Å². The largest absolute Gasteiger partial charge is 0.464 e. The van der Waals surface area contributed by atoms with E-state index >= 15 is 0 Å². The van der Waals surface area contributed by atoms with Crippen molar-refractivity contribution in [3.05, 3.63) is 77.6 Å². The van der Waals surface area contributed by atoms with Gasteiger partial charge in [-0.25, -0.2) is 4.79 Å². The molecule has 0 bridgehead atoms. The van der Waals surface area contributed by atoms with Crippen molar-refractivity contribution in [2.75, 3.05) is 27.7 Å². The van der Waals surface area contributed by atoms with E-state index in [1.165, 1.54) is 18.2 Å². The van der Waals surface area contributed by atoms with Crippen molar-refractivity contribution in [1.29, 1.82) is 0 Å². The number of carbonyl (C=O) groups excluding carboxylic acids is 1. The van der Waals surface area contributed by atoms with E-state index in [4.69, 9.17) is 4.74 Å². The Hall–Kier alpha value is -2.59. The van der Waals surface area contributed by atoms with Gasteiger partial charge in [-0.3, -0.25) is 0 Å². The summed E-state index contributed by atoms with van der Waals surface area (Å²) >= 11 is 0. The van der Waals surface area contributed by atoms with Crippen LogP contribution in [-0.2, 0) is 17.7 Å². The molecule has 2 aromatic heterocycles. The lowest BCUT2D eigenvalue weighted by Gasteiger charge is -2.30. The number of fused-ring (bicyclic) bond motifs is 1. The average molecular weight is 337 g/mol. The Morgan fingerprint density at radius 3 is 2.52 bits per heavy atom. The van der Waals surface area contributed by atoms with Gasteiger partial charge in [0.25, 0.3) is 0 Å². The number of carbonyl (C=O) groups is 1. The van der Waals surface area contributed by atoms with Crippen LogP contribution in [0.5, 0.6) is 0 Å². The van der Waals surface area contributed by atoms with Gasteiger partial charge in [-0.05, 0) is 23.8 Å². The third-order valence-corrected chi connectivity index (χ3v) is 4.59. The molecule has 25 heavy (non-hydrogen) atoms. The highest BCUT2D eigenvalue weighted by Gasteiger charge is 2.20. The summed E-state index contributed by atoms with van der Waals surface area (Å²) < 4.78 is 7.72. The van der Waals surface area contributed by atoms with Crippen molar-refractivity contribution in [3.8, 4) is 0 Å². The number of benzene rings is 1. The zero-order valence-electron chi connectivity index (χ0n) is 15.1.